The van der Waals surface area contributed by atoms with E-state index in [-0.39, 0.29) is 18.2 Å². The molecule has 0 fully saturated rings. The second-order valence-corrected chi connectivity index (χ2v) is 4.98. The molecule has 0 aliphatic carbocycles. The zero-order chi connectivity index (χ0) is 14.2. The fraction of sp³-hybridized carbons (Fsp3) is 0.333. The van der Waals surface area contributed by atoms with E-state index in [0.717, 1.165) is 16.6 Å². The molecule has 0 atom stereocenters. The van der Waals surface area contributed by atoms with E-state index in [1.807, 2.05) is 38.1 Å². The first-order chi connectivity index (χ1) is 8.93. The molecule has 1 heterocycles. The van der Waals surface area contributed by atoms with Crippen molar-refractivity contribution in [3.05, 3.63) is 35.5 Å². The van der Waals surface area contributed by atoms with E-state index in [9.17, 15) is 9.59 Å². The second kappa shape index (κ2) is 4.88. The van der Waals surface area contributed by atoms with Crippen LogP contribution in [0, 0.1) is 12.8 Å². The Kier molecular flexibility index (Phi) is 3.42. The standard InChI is InChI=1S/C15H17NO3/c1-9(2)15(19)14-10(3)16(8-13(17)18)12-7-5-4-6-11(12)14/h4-7,9H,8H2,1-3H3,(H,17,18). The molecule has 4 heteroatoms. The second-order valence-electron chi connectivity index (χ2n) is 4.98. The number of fused-ring (bicyclic) bond motifs is 1. The number of aromatic nitrogens is 1. The molecule has 2 aromatic rings. The van der Waals surface area contributed by atoms with Gasteiger partial charge in [-0.3, -0.25) is 9.59 Å². The van der Waals surface area contributed by atoms with Gasteiger partial charge in [-0.05, 0) is 13.0 Å². The number of Topliss-reactive ketones (excluding diaryl/α,β-unsaturated/α-hetero) is 1. The highest BCUT2D eigenvalue weighted by Gasteiger charge is 2.22. The molecule has 100 valence electrons. The van der Waals surface area contributed by atoms with Crippen molar-refractivity contribution in [3.63, 3.8) is 0 Å². The fourth-order valence-corrected chi connectivity index (χ4v) is 2.37. The van der Waals surface area contributed by atoms with Gasteiger partial charge < -0.3 is 9.67 Å². The van der Waals surface area contributed by atoms with Gasteiger partial charge in [-0.25, -0.2) is 0 Å². The van der Waals surface area contributed by atoms with Crippen LogP contribution in [0.4, 0.5) is 0 Å². The van der Waals surface area contributed by atoms with Gasteiger partial charge in [0.05, 0.1) is 0 Å². The maximum Gasteiger partial charge on any atom is 0.323 e. The third kappa shape index (κ3) is 2.26. The first-order valence-electron chi connectivity index (χ1n) is 6.27. The molecule has 0 saturated heterocycles. The summed E-state index contributed by atoms with van der Waals surface area (Å²) in [4.78, 5) is 23.3. The average molecular weight is 259 g/mol. The Morgan fingerprint density at radius 2 is 1.89 bits per heavy atom. The van der Waals surface area contributed by atoms with Gasteiger partial charge >= 0.3 is 5.97 Å². The number of carbonyl (C=O) groups is 2. The van der Waals surface area contributed by atoms with E-state index in [2.05, 4.69) is 0 Å². The van der Waals surface area contributed by atoms with Crippen LogP contribution in [0.2, 0.25) is 0 Å². The zero-order valence-electron chi connectivity index (χ0n) is 11.3. The molecule has 0 unspecified atom stereocenters. The molecule has 4 nitrogen and oxygen atoms in total. The summed E-state index contributed by atoms with van der Waals surface area (Å²) in [5.74, 6) is -0.965. The van der Waals surface area contributed by atoms with Gasteiger partial charge in [-0.2, -0.15) is 0 Å². The summed E-state index contributed by atoms with van der Waals surface area (Å²) in [5, 5.41) is 9.84. The topological polar surface area (TPSA) is 59.3 Å². The van der Waals surface area contributed by atoms with Crippen molar-refractivity contribution in [2.24, 2.45) is 5.92 Å². The van der Waals surface area contributed by atoms with Gasteiger partial charge in [-0.1, -0.05) is 32.0 Å². The molecule has 0 saturated carbocycles. The monoisotopic (exact) mass is 259 g/mol. The minimum Gasteiger partial charge on any atom is -0.480 e. The largest absolute Gasteiger partial charge is 0.480 e. The lowest BCUT2D eigenvalue weighted by atomic mass is 9.98. The lowest BCUT2D eigenvalue weighted by molar-refractivity contribution is -0.137. The van der Waals surface area contributed by atoms with Crippen LogP contribution in [0.3, 0.4) is 0 Å². The number of nitrogens with zero attached hydrogens (tertiary/aromatic N) is 1. The highest BCUT2D eigenvalue weighted by atomic mass is 16.4. The normalized spacial score (nSPS) is 11.2. The Morgan fingerprint density at radius 1 is 1.26 bits per heavy atom. The number of carboxylic acid groups (broad SMARTS) is 1. The molecule has 0 amide bonds. The number of hydrogen-bond donors (Lipinski definition) is 1. The fourth-order valence-electron chi connectivity index (χ4n) is 2.37. The predicted molar refractivity (Wildman–Crippen MR) is 73.5 cm³/mol. The van der Waals surface area contributed by atoms with Crippen molar-refractivity contribution in [1.82, 2.24) is 4.57 Å². The third-order valence-corrected chi connectivity index (χ3v) is 3.30. The zero-order valence-corrected chi connectivity index (χ0v) is 11.3. The molecule has 0 bridgehead atoms. The van der Waals surface area contributed by atoms with Crippen LogP contribution in [-0.4, -0.2) is 21.4 Å². The Labute approximate surface area is 111 Å². The van der Waals surface area contributed by atoms with Gasteiger partial charge in [0.1, 0.15) is 6.54 Å². The van der Waals surface area contributed by atoms with Gasteiger partial charge in [0.25, 0.3) is 0 Å². The molecule has 19 heavy (non-hydrogen) atoms. The third-order valence-electron chi connectivity index (χ3n) is 3.30. The number of benzene rings is 1. The van der Waals surface area contributed by atoms with E-state index >= 15 is 0 Å². The van der Waals surface area contributed by atoms with Crippen LogP contribution >= 0.6 is 0 Å². The van der Waals surface area contributed by atoms with Crippen LogP contribution in [0.5, 0.6) is 0 Å². The van der Waals surface area contributed by atoms with Gasteiger partial charge in [0.2, 0.25) is 0 Å². The van der Waals surface area contributed by atoms with Crippen molar-refractivity contribution >= 4 is 22.7 Å². The van der Waals surface area contributed by atoms with Crippen molar-refractivity contribution < 1.29 is 14.7 Å². The Hall–Kier alpha value is -2.10. The summed E-state index contributed by atoms with van der Waals surface area (Å²) in [6.45, 7) is 5.38. The van der Waals surface area contributed by atoms with Crippen molar-refractivity contribution in [1.29, 1.82) is 0 Å². The molecule has 0 aliphatic rings. The molecule has 0 radical (unpaired) electrons. The minimum atomic E-state index is -0.910. The highest BCUT2D eigenvalue weighted by molar-refractivity contribution is 6.10. The average Bonchev–Trinajstić information content (AvgIpc) is 2.61. The smallest absolute Gasteiger partial charge is 0.323 e. The number of hydrogen-bond acceptors (Lipinski definition) is 2. The Bertz CT molecular complexity index is 653. The predicted octanol–water partition coefficient (Wildman–Crippen LogP) is 2.87. The van der Waals surface area contributed by atoms with E-state index < -0.39 is 5.97 Å². The first kappa shape index (κ1) is 13.3. The summed E-state index contributed by atoms with van der Waals surface area (Å²) < 4.78 is 1.69. The SMILES string of the molecule is Cc1c(C(=O)C(C)C)c2ccccc2n1CC(=O)O. The van der Waals surface area contributed by atoms with Crippen LogP contribution < -0.4 is 0 Å². The number of carbonyl (C=O) groups excluding carboxylic acids is 1. The van der Waals surface area contributed by atoms with E-state index in [4.69, 9.17) is 5.11 Å². The maximum absolute atomic E-state index is 12.3. The molecule has 1 N–H and O–H groups in total. The highest BCUT2D eigenvalue weighted by Crippen LogP contribution is 2.27. The van der Waals surface area contributed by atoms with Gasteiger partial charge in [0.15, 0.2) is 5.78 Å². The van der Waals surface area contributed by atoms with E-state index in [0.29, 0.717) is 5.56 Å². The minimum absolute atomic E-state index is 0.0536. The molecule has 2 rings (SSSR count). The van der Waals surface area contributed by atoms with Crippen LogP contribution in [0.15, 0.2) is 24.3 Å². The number of para-hydroxylation sites is 1. The van der Waals surface area contributed by atoms with Gasteiger partial charge in [0, 0.05) is 28.1 Å². The number of ketones is 1. The molecular formula is C15H17NO3. The van der Waals surface area contributed by atoms with Gasteiger partial charge in [-0.15, -0.1) is 0 Å². The molecule has 0 aliphatic heterocycles. The Morgan fingerprint density at radius 3 is 2.47 bits per heavy atom. The van der Waals surface area contributed by atoms with Crippen molar-refractivity contribution in [2.75, 3.05) is 0 Å². The number of aliphatic carboxylic acids is 1. The van der Waals surface area contributed by atoms with E-state index in [1.165, 1.54) is 0 Å². The van der Waals surface area contributed by atoms with Crippen LogP contribution in [0.25, 0.3) is 10.9 Å². The molecule has 0 spiro atoms. The summed E-state index contributed by atoms with van der Waals surface area (Å²) in [5.41, 5.74) is 2.17. The quantitative estimate of drug-likeness (QED) is 0.859. The molecule has 1 aromatic heterocycles. The van der Waals surface area contributed by atoms with Crippen LogP contribution in [0.1, 0.15) is 29.9 Å². The summed E-state index contributed by atoms with van der Waals surface area (Å²) in [6.07, 6.45) is 0. The number of carboxylic acids is 1. The van der Waals surface area contributed by atoms with E-state index in [1.54, 1.807) is 11.5 Å². The Balaban J connectivity index is 2.74. The maximum atomic E-state index is 12.3. The summed E-state index contributed by atoms with van der Waals surface area (Å²) in [7, 11) is 0. The number of rotatable bonds is 4. The van der Waals surface area contributed by atoms with Crippen molar-refractivity contribution in [3.8, 4) is 0 Å². The van der Waals surface area contributed by atoms with Crippen LogP contribution in [-0.2, 0) is 11.3 Å². The first-order valence-corrected chi connectivity index (χ1v) is 6.27. The summed E-state index contributed by atoms with van der Waals surface area (Å²) in [6, 6.07) is 7.44. The lowest BCUT2D eigenvalue weighted by Gasteiger charge is -2.06. The van der Waals surface area contributed by atoms with Crippen molar-refractivity contribution in [2.45, 2.75) is 27.3 Å². The molecule has 1 aromatic carbocycles. The summed E-state index contributed by atoms with van der Waals surface area (Å²) >= 11 is 0. The lowest BCUT2D eigenvalue weighted by Crippen LogP contribution is -2.12. The molecular weight excluding hydrogens is 242 g/mol.